The van der Waals surface area contributed by atoms with Crippen LogP contribution in [0.5, 0.6) is 5.75 Å². The molecule has 1 aromatic carbocycles. The van der Waals surface area contributed by atoms with Gasteiger partial charge in [-0.2, -0.15) is 0 Å². The molecular weight excluding hydrogens is 181 g/mol. The quantitative estimate of drug-likeness (QED) is 0.626. The number of nitrogens with zero attached hydrogens (tertiary/aromatic N) is 1. The minimum atomic E-state index is -0.286. The predicted octanol–water partition coefficient (Wildman–Crippen LogP) is 1.66. The largest absolute Gasteiger partial charge is 0.489 e. The van der Waals surface area contributed by atoms with Crippen molar-refractivity contribution in [3.63, 3.8) is 0 Å². The Morgan fingerprint density at radius 3 is 3.21 bits per heavy atom. The number of halogens is 1. The third kappa shape index (κ3) is 1.51. The maximum Gasteiger partial charge on any atom is 0.145 e. The average Bonchev–Trinajstić information content (AvgIpc) is 2.18. The van der Waals surface area contributed by atoms with Crippen molar-refractivity contribution in [3.8, 4) is 18.1 Å². The fourth-order valence-electron chi connectivity index (χ4n) is 1.53. The topological polar surface area (TPSA) is 12.5 Å². The molecule has 3 heteroatoms. The second-order valence-electron chi connectivity index (χ2n) is 3.09. The molecular formula is C11H10FNO. The van der Waals surface area contributed by atoms with Crippen LogP contribution in [0.4, 0.5) is 10.1 Å². The SMILES string of the molecule is C#CCN1CCOc2cc(F)ccc21. The molecule has 2 nitrogen and oxygen atoms in total. The molecule has 0 aromatic heterocycles. The van der Waals surface area contributed by atoms with Crippen LogP contribution >= 0.6 is 0 Å². The molecule has 0 amide bonds. The number of terminal acetylenes is 1. The molecule has 1 aromatic rings. The standard InChI is InChI=1S/C11H10FNO/c1-2-5-13-6-7-14-11-8-9(12)3-4-10(11)13/h1,3-4,8H,5-7H2. The average molecular weight is 191 g/mol. The minimum Gasteiger partial charge on any atom is -0.489 e. The van der Waals surface area contributed by atoms with Crippen molar-refractivity contribution in [2.45, 2.75) is 0 Å². The first-order valence-corrected chi connectivity index (χ1v) is 4.42. The maximum absolute atomic E-state index is 12.9. The van der Waals surface area contributed by atoms with E-state index in [1.807, 2.05) is 4.90 Å². The summed E-state index contributed by atoms with van der Waals surface area (Å²) in [5, 5.41) is 0. The van der Waals surface area contributed by atoms with Gasteiger partial charge < -0.3 is 9.64 Å². The molecule has 0 aliphatic carbocycles. The number of fused-ring (bicyclic) bond motifs is 1. The summed E-state index contributed by atoms with van der Waals surface area (Å²) in [6.07, 6.45) is 5.24. The van der Waals surface area contributed by atoms with Gasteiger partial charge in [-0.1, -0.05) is 5.92 Å². The van der Waals surface area contributed by atoms with Gasteiger partial charge in [0.2, 0.25) is 0 Å². The summed E-state index contributed by atoms with van der Waals surface area (Å²) in [6.45, 7) is 1.84. The van der Waals surface area contributed by atoms with Crippen molar-refractivity contribution in [1.82, 2.24) is 0 Å². The molecule has 0 atom stereocenters. The third-order valence-electron chi connectivity index (χ3n) is 2.16. The molecule has 0 spiro atoms. The molecule has 0 saturated heterocycles. The number of ether oxygens (including phenoxy) is 1. The van der Waals surface area contributed by atoms with Gasteiger partial charge in [0, 0.05) is 6.07 Å². The Kier molecular flexibility index (Phi) is 2.28. The third-order valence-corrected chi connectivity index (χ3v) is 2.16. The normalized spacial score (nSPS) is 14.1. The van der Waals surface area contributed by atoms with Gasteiger partial charge in [-0.3, -0.25) is 0 Å². The van der Waals surface area contributed by atoms with Crippen molar-refractivity contribution in [1.29, 1.82) is 0 Å². The lowest BCUT2D eigenvalue weighted by molar-refractivity contribution is 0.308. The number of hydrogen-bond acceptors (Lipinski definition) is 2. The first-order chi connectivity index (χ1) is 6.81. The second kappa shape index (κ2) is 3.59. The van der Waals surface area contributed by atoms with Crippen LogP contribution in [0.25, 0.3) is 0 Å². The summed E-state index contributed by atoms with van der Waals surface area (Å²) in [5.74, 6) is 2.86. The van der Waals surface area contributed by atoms with E-state index in [2.05, 4.69) is 5.92 Å². The molecule has 0 bridgehead atoms. The highest BCUT2D eigenvalue weighted by molar-refractivity contribution is 5.60. The van der Waals surface area contributed by atoms with Crippen LogP contribution in [-0.4, -0.2) is 19.7 Å². The van der Waals surface area contributed by atoms with Crippen molar-refractivity contribution in [3.05, 3.63) is 24.0 Å². The van der Waals surface area contributed by atoms with Gasteiger partial charge in [0.15, 0.2) is 0 Å². The van der Waals surface area contributed by atoms with Crippen molar-refractivity contribution >= 4 is 5.69 Å². The van der Waals surface area contributed by atoms with E-state index in [1.165, 1.54) is 12.1 Å². The molecule has 0 radical (unpaired) electrons. The van der Waals surface area contributed by atoms with Crippen LogP contribution in [0.2, 0.25) is 0 Å². The van der Waals surface area contributed by atoms with Crippen LogP contribution in [0, 0.1) is 18.2 Å². The predicted molar refractivity (Wildman–Crippen MR) is 52.9 cm³/mol. The summed E-state index contributed by atoms with van der Waals surface area (Å²) >= 11 is 0. The number of rotatable bonds is 1. The Balaban J connectivity index is 2.36. The molecule has 0 N–H and O–H groups in total. The van der Waals surface area contributed by atoms with Gasteiger partial charge >= 0.3 is 0 Å². The van der Waals surface area contributed by atoms with Gasteiger partial charge in [-0.25, -0.2) is 4.39 Å². The molecule has 0 saturated carbocycles. The Hall–Kier alpha value is -1.69. The molecule has 14 heavy (non-hydrogen) atoms. The van der Waals surface area contributed by atoms with Crippen molar-refractivity contribution < 1.29 is 9.13 Å². The van der Waals surface area contributed by atoms with Gasteiger partial charge in [0.1, 0.15) is 18.2 Å². The van der Waals surface area contributed by atoms with E-state index >= 15 is 0 Å². The van der Waals surface area contributed by atoms with Crippen LogP contribution in [0.3, 0.4) is 0 Å². The van der Waals surface area contributed by atoms with Crippen LogP contribution in [0.1, 0.15) is 0 Å². The Morgan fingerprint density at radius 1 is 1.57 bits per heavy atom. The summed E-state index contributed by atoms with van der Waals surface area (Å²) < 4.78 is 18.2. The van der Waals surface area contributed by atoms with Crippen molar-refractivity contribution in [2.75, 3.05) is 24.6 Å². The summed E-state index contributed by atoms with van der Waals surface area (Å²) in [6, 6.07) is 4.50. The van der Waals surface area contributed by atoms with E-state index in [0.717, 1.165) is 12.2 Å². The van der Waals surface area contributed by atoms with E-state index in [9.17, 15) is 4.39 Å². The molecule has 72 valence electrons. The highest BCUT2D eigenvalue weighted by atomic mass is 19.1. The molecule has 1 aliphatic rings. The second-order valence-corrected chi connectivity index (χ2v) is 3.09. The van der Waals surface area contributed by atoms with E-state index in [0.29, 0.717) is 18.9 Å². The highest BCUT2D eigenvalue weighted by Gasteiger charge is 2.17. The first kappa shape index (κ1) is 8.89. The zero-order chi connectivity index (χ0) is 9.97. The lowest BCUT2D eigenvalue weighted by Crippen LogP contribution is -2.32. The lowest BCUT2D eigenvalue weighted by Gasteiger charge is -2.29. The zero-order valence-electron chi connectivity index (χ0n) is 7.66. The molecule has 0 fully saturated rings. The monoisotopic (exact) mass is 191 g/mol. The molecule has 0 unspecified atom stereocenters. The smallest absolute Gasteiger partial charge is 0.145 e. The highest BCUT2D eigenvalue weighted by Crippen LogP contribution is 2.31. The Labute approximate surface area is 82.3 Å². The van der Waals surface area contributed by atoms with Crippen LogP contribution in [-0.2, 0) is 0 Å². The van der Waals surface area contributed by atoms with E-state index < -0.39 is 0 Å². The number of anilines is 1. The van der Waals surface area contributed by atoms with Gasteiger partial charge in [0.25, 0.3) is 0 Å². The summed E-state index contributed by atoms with van der Waals surface area (Å²) in [7, 11) is 0. The van der Waals surface area contributed by atoms with E-state index in [4.69, 9.17) is 11.2 Å². The molecule has 1 heterocycles. The van der Waals surface area contributed by atoms with E-state index in [1.54, 1.807) is 6.07 Å². The fraction of sp³-hybridized carbons (Fsp3) is 0.273. The van der Waals surface area contributed by atoms with Gasteiger partial charge in [-0.05, 0) is 12.1 Å². The van der Waals surface area contributed by atoms with Crippen molar-refractivity contribution in [2.24, 2.45) is 0 Å². The van der Waals surface area contributed by atoms with Gasteiger partial charge in [0.05, 0.1) is 18.8 Å². The Bertz CT molecular complexity index is 383. The first-order valence-electron chi connectivity index (χ1n) is 4.42. The van der Waals surface area contributed by atoms with E-state index in [-0.39, 0.29) is 5.82 Å². The maximum atomic E-state index is 12.9. The summed E-state index contributed by atoms with van der Waals surface area (Å²) in [4.78, 5) is 2.00. The molecule has 2 rings (SSSR count). The van der Waals surface area contributed by atoms with Crippen LogP contribution in [0.15, 0.2) is 18.2 Å². The number of hydrogen-bond donors (Lipinski definition) is 0. The lowest BCUT2D eigenvalue weighted by atomic mass is 10.2. The Morgan fingerprint density at radius 2 is 2.43 bits per heavy atom. The minimum absolute atomic E-state index is 0.286. The summed E-state index contributed by atoms with van der Waals surface area (Å²) in [5.41, 5.74) is 0.871. The fourth-order valence-corrected chi connectivity index (χ4v) is 1.53. The number of benzene rings is 1. The zero-order valence-corrected chi connectivity index (χ0v) is 7.66. The molecule has 1 aliphatic heterocycles. The van der Waals surface area contributed by atoms with Gasteiger partial charge in [-0.15, -0.1) is 6.42 Å². The van der Waals surface area contributed by atoms with Crippen LogP contribution < -0.4 is 9.64 Å².